The van der Waals surface area contributed by atoms with Gasteiger partial charge in [0.15, 0.2) is 17.2 Å². The lowest BCUT2D eigenvalue weighted by Gasteiger charge is -2.34. The van der Waals surface area contributed by atoms with Crippen molar-refractivity contribution in [3.63, 3.8) is 0 Å². The van der Waals surface area contributed by atoms with E-state index in [0.29, 0.717) is 29.8 Å². The Labute approximate surface area is 134 Å². The predicted molar refractivity (Wildman–Crippen MR) is 84.4 cm³/mol. The summed E-state index contributed by atoms with van der Waals surface area (Å²) < 4.78 is 7.82. The summed E-state index contributed by atoms with van der Waals surface area (Å²) in [5.74, 6) is 0.295. The Hall–Kier alpha value is -1.77. The van der Waals surface area contributed by atoms with Gasteiger partial charge in [-0.15, -0.1) is 0 Å². The summed E-state index contributed by atoms with van der Waals surface area (Å²) in [4.78, 5) is 12.5. The Kier molecular flexibility index (Phi) is 4.47. The molecular formula is C15H23N5O3. The van der Waals surface area contributed by atoms with Crippen LogP contribution in [0, 0.1) is 0 Å². The van der Waals surface area contributed by atoms with Gasteiger partial charge < -0.3 is 20.7 Å². The van der Waals surface area contributed by atoms with Gasteiger partial charge in [0, 0.05) is 6.42 Å². The number of anilines is 1. The first-order chi connectivity index (χ1) is 11.1. The number of nitrogens with two attached hydrogens (primary N) is 1. The highest BCUT2D eigenvalue weighted by Gasteiger charge is 2.49. The number of nitrogen functional groups attached to an aromatic ring is 1. The smallest absolute Gasteiger partial charge is 0.173 e. The second-order valence-corrected chi connectivity index (χ2v) is 6.02. The molecule has 0 aliphatic carbocycles. The molecule has 2 aromatic heterocycles. The van der Waals surface area contributed by atoms with Gasteiger partial charge in [0.25, 0.3) is 0 Å². The lowest BCUT2D eigenvalue weighted by Crippen LogP contribution is -2.42. The minimum Gasteiger partial charge on any atom is -0.394 e. The summed E-state index contributed by atoms with van der Waals surface area (Å²) in [6, 6.07) is 0. The zero-order valence-electron chi connectivity index (χ0n) is 13.2. The van der Waals surface area contributed by atoms with E-state index < -0.39 is 17.9 Å². The first-order valence-corrected chi connectivity index (χ1v) is 8.03. The van der Waals surface area contributed by atoms with Crippen molar-refractivity contribution in [1.82, 2.24) is 19.5 Å². The van der Waals surface area contributed by atoms with Gasteiger partial charge in [-0.3, -0.25) is 4.57 Å². The van der Waals surface area contributed by atoms with Crippen LogP contribution in [0.25, 0.3) is 11.2 Å². The Morgan fingerprint density at radius 1 is 1.39 bits per heavy atom. The highest BCUT2D eigenvalue weighted by atomic mass is 16.6. The normalized spacial score (nSPS) is 27.8. The van der Waals surface area contributed by atoms with Gasteiger partial charge in [-0.25, -0.2) is 15.0 Å². The van der Waals surface area contributed by atoms with E-state index >= 15 is 0 Å². The van der Waals surface area contributed by atoms with Gasteiger partial charge in [-0.2, -0.15) is 0 Å². The average molecular weight is 321 g/mol. The molecule has 8 heteroatoms. The van der Waals surface area contributed by atoms with E-state index in [1.54, 1.807) is 10.9 Å². The van der Waals surface area contributed by atoms with Crippen LogP contribution < -0.4 is 5.73 Å². The van der Waals surface area contributed by atoms with Crippen LogP contribution in [-0.2, 0) is 10.5 Å². The van der Waals surface area contributed by atoms with E-state index in [4.69, 9.17) is 10.5 Å². The summed E-state index contributed by atoms with van der Waals surface area (Å²) in [6.07, 6.45) is 5.81. The number of fused-ring (bicyclic) bond motifs is 1. The highest BCUT2D eigenvalue weighted by molar-refractivity contribution is 5.81. The maximum absolute atomic E-state index is 10.7. The van der Waals surface area contributed by atoms with Crippen LogP contribution in [-0.4, -0.2) is 48.5 Å². The molecule has 1 saturated heterocycles. The molecule has 4 N–H and O–H groups in total. The molecule has 0 amide bonds. The molecule has 1 aliphatic heterocycles. The zero-order chi connectivity index (χ0) is 16.4. The van der Waals surface area contributed by atoms with E-state index in [1.165, 1.54) is 6.33 Å². The molecule has 0 radical (unpaired) electrons. The summed E-state index contributed by atoms with van der Waals surface area (Å²) in [5, 5.41) is 20.1. The van der Waals surface area contributed by atoms with Crippen molar-refractivity contribution in [3.8, 4) is 0 Å². The fourth-order valence-electron chi connectivity index (χ4n) is 3.28. The molecule has 8 nitrogen and oxygen atoms in total. The van der Waals surface area contributed by atoms with E-state index in [0.717, 1.165) is 19.3 Å². The van der Waals surface area contributed by atoms with E-state index in [-0.39, 0.29) is 6.61 Å². The van der Waals surface area contributed by atoms with Gasteiger partial charge in [0.1, 0.15) is 17.9 Å². The summed E-state index contributed by atoms with van der Waals surface area (Å²) >= 11 is 0. The molecule has 2 aromatic rings. The third-order valence-corrected chi connectivity index (χ3v) is 4.49. The fourth-order valence-corrected chi connectivity index (χ4v) is 3.28. The van der Waals surface area contributed by atoms with Crippen molar-refractivity contribution < 1.29 is 14.9 Å². The van der Waals surface area contributed by atoms with Crippen molar-refractivity contribution in [2.45, 2.75) is 57.0 Å². The van der Waals surface area contributed by atoms with Crippen molar-refractivity contribution in [3.05, 3.63) is 12.7 Å². The Balaban J connectivity index is 2.05. The SMILES string of the molecule is CCCCC[C@@]1(n2cnc3c(N)ncnc32)O[C@H](CO)C[C@H]1O. The summed E-state index contributed by atoms with van der Waals surface area (Å²) in [5.41, 5.74) is 5.90. The first kappa shape index (κ1) is 16.1. The van der Waals surface area contributed by atoms with Gasteiger partial charge in [-0.05, 0) is 12.8 Å². The number of rotatable bonds is 6. The first-order valence-electron chi connectivity index (χ1n) is 8.03. The van der Waals surface area contributed by atoms with Gasteiger partial charge >= 0.3 is 0 Å². The highest BCUT2D eigenvalue weighted by Crippen LogP contribution is 2.41. The topological polar surface area (TPSA) is 119 Å². The second kappa shape index (κ2) is 6.38. The molecule has 23 heavy (non-hydrogen) atoms. The predicted octanol–water partition coefficient (Wildman–Crippen LogP) is 0.784. The minimum absolute atomic E-state index is 0.129. The third-order valence-electron chi connectivity index (χ3n) is 4.49. The molecule has 0 bridgehead atoms. The third kappa shape index (κ3) is 2.66. The summed E-state index contributed by atoms with van der Waals surface area (Å²) in [6.45, 7) is 1.99. The molecule has 0 spiro atoms. The van der Waals surface area contributed by atoms with Crippen LogP contribution in [0.15, 0.2) is 12.7 Å². The Bertz CT molecular complexity index is 676. The number of ether oxygens (including phenoxy) is 1. The molecule has 1 aliphatic rings. The van der Waals surface area contributed by atoms with Crippen molar-refractivity contribution >= 4 is 17.0 Å². The van der Waals surface area contributed by atoms with Crippen molar-refractivity contribution in [2.24, 2.45) is 0 Å². The molecule has 0 unspecified atom stereocenters. The number of imidazole rings is 1. The molecule has 0 saturated carbocycles. The second-order valence-electron chi connectivity index (χ2n) is 6.02. The molecule has 1 fully saturated rings. The Morgan fingerprint density at radius 3 is 2.91 bits per heavy atom. The fraction of sp³-hybridized carbons (Fsp3) is 0.667. The van der Waals surface area contributed by atoms with Crippen molar-refractivity contribution in [1.29, 1.82) is 0 Å². The number of hydrogen-bond acceptors (Lipinski definition) is 7. The van der Waals surface area contributed by atoms with Crippen molar-refractivity contribution in [2.75, 3.05) is 12.3 Å². The lowest BCUT2D eigenvalue weighted by atomic mass is 9.98. The largest absolute Gasteiger partial charge is 0.394 e. The number of aliphatic hydroxyl groups is 2. The number of hydrogen-bond donors (Lipinski definition) is 3. The standard InChI is InChI=1S/C15H23N5O3/c1-2-3-4-5-15(11(22)6-10(7-21)23-15)20-9-19-12-13(16)17-8-18-14(12)20/h8-11,21-22H,2-7H2,1H3,(H2,16,17,18)/t10-,11+,15+/m0/s1. The molecule has 3 atom stereocenters. The van der Waals surface area contributed by atoms with Crippen LogP contribution in [0.2, 0.25) is 0 Å². The molecule has 0 aromatic carbocycles. The number of aliphatic hydroxyl groups excluding tert-OH is 2. The van der Waals surface area contributed by atoms with Gasteiger partial charge in [-0.1, -0.05) is 19.8 Å². The van der Waals surface area contributed by atoms with Crippen LogP contribution in [0.3, 0.4) is 0 Å². The molecular weight excluding hydrogens is 298 g/mol. The van der Waals surface area contributed by atoms with Crippen LogP contribution in [0.5, 0.6) is 0 Å². The zero-order valence-corrected chi connectivity index (χ0v) is 13.2. The summed E-state index contributed by atoms with van der Waals surface area (Å²) in [7, 11) is 0. The van der Waals surface area contributed by atoms with Crippen LogP contribution in [0.1, 0.15) is 39.0 Å². The van der Waals surface area contributed by atoms with Crippen LogP contribution >= 0.6 is 0 Å². The number of aromatic nitrogens is 4. The van der Waals surface area contributed by atoms with Crippen LogP contribution in [0.4, 0.5) is 5.82 Å². The molecule has 126 valence electrons. The maximum atomic E-state index is 10.7. The average Bonchev–Trinajstić information content (AvgIpc) is 3.11. The molecule has 3 rings (SSSR count). The quantitative estimate of drug-likeness (QED) is 0.673. The van der Waals surface area contributed by atoms with E-state index in [9.17, 15) is 10.2 Å². The maximum Gasteiger partial charge on any atom is 0.173 e. The number of nitrogens with zero attached hydrogens (tertiary/aromatic N) is 4. The van der Waals surface area contributed by atoms with Gasteiger partial charge in [0.05, 0.1) is 19.0 Å². The molecule has 3 heterocycles. The monoisotopic (exact) mass is 321 g/mol. The van der Waals surface area contributed by atoms with E-state index in [1.807, 2.05) is 0 Å². The number of unbranched alkanes of at least 4 members (excludes halogenated alkanes) is 2. The van der Waals surface area contributed by atoms with Gasteiger partial charge in [0.2, 0.25) is 0 Å². The lowest BCUT2D eigenvalue weighted by molar-refractivity contribution is -0.151. The minimum atomic E-state index is -0.974. The Morgan fingerprint density at radius 2 is 2.22 bits per heavy atom. The van der Waals surface area contributed by atoms with E-state index in [2.05, 4.69) is 21.9 Å².